The van der Waals surface area contributed by atoms with Gasteiger partial charge in [-0.2, -0.15) is 0 Å². The van der Waals surface area contributed by atoms with Gasteiger partial charge in [-0.3, -0.25) is 19.3 Å². The van der Waals surface area contributed by atoms with E-state index < -0.39 is 58.9 Å². The van der Waals surface area contributed by atoms with Gasteiger partial charge in [0.05, 0.1) is 18.3 Å². The fourth-order valence-electron chi connectivity index (χ4n) is 5.77. The molecule has 0 aromatic heterocycles. The minimum Gasteiger partial charge on any atom is -0.463 e. The van der Waals surface area contributed by atoms with E-state index in [0.717, 1.165) is 9.80 Å². The molecule has 0 N–H and O–H groups in total. The molecule has 4 aliphatic rings. The van der Waals surface area contributed by atoms with Gasteiger partial charge in [0.2, 0.25) is 11.8 Å². The molecule has 178 valence electrons. The molecule has 0 unspecified atom stereocenters. The third kappa shape index (κ3) is 2.44. The zero-order valence-electron chi connectivity index (χ0n) is 18.6. The van der Waals surface area contributed by atoms with Gasteiger partial charge in [-0.05, 0) is 24.6 Å². The zero-order valence-corrected chi connectivity index (χ0v) is 18.6. The van der Waals surface area contributed by atoms with Crippen LogP contribution in [-0.2, 0) is 38.2 Å². The van der Waals surface area contributed by atoms with Gasteiger partial charge >= 0.3 is 11.9 Å². The number of carbonyl (C=O) groups excluding carboxylic acids is 5. The van der Waals surface area contributed by atoms with Crippen LogP contribution >= 0.6 is 0 Å². The lowest BCUT2D eigenvalue weighted by molar-refractivity contribution is -0.214. The monoisotopic (exact) mass is 476 g/mol. The number of carbonyl (C=O) groups is 5. The highest BCUT2D eigenvalue weighted by molar-refractivity contribution is 6.30. The van der Waals surface area contributed by atoms with Crippen LogP contribution in [0.4, 0.5) is 5.69 Å². The van der Waals surface area contributed by atoms with Crippen molar-refractivity contribution in [1.29, 1.82) is 0 Å². The molecule has 2 aromatic rings. The Morgan fingerprint density at radius 2 is 1.60 bits per heavy atom. The second kappa shape index (κ2) is 7.22. The summed E-state index contributed by atoms with van der Waals surface area (Å²) in [6.45, 7) is 1.25. The lowest BCUT2D eigenvalue weighted by Crippen LogP contribution is -2.68. The molecule has 0 radical (unpaired) electrons. The second-order valence-electron chi connectivity index (χ2n) is 8.76. The minimum atomic E-state index is -2.48. The molecule has 0 aliphatic carbocycles. The van der Waals surface area contributed by atoms with Gasteiger partial charge in [0.1, 0.15) is 18.4 Å². The maximum absolute atomic E-state index is 14.0. The van der Waals surface area contributed by atoms with E-state index in [1.165, 1.54) is 0 Å². The number of amides is 3. The highest BCUT2D eigenvalue weighted by Gasteiger charge is 2.89. The summed E-state index contributed by atoms with van der Waals surface area (Å²) in [5.41, 5.74) is -3.87. The third-order valence-electron chi connectivity index (χ3n) is 7.13. The van der Waals surface area contributed by atoms with Crippen LogP contribution in [0.1, 0.15) is 18.5 Å². The molecule has 6 rings (SSSR count). The molecule has 4 heterocycles. The van der Waals surface area contributed by atoms with Crippen molar-refractivity contribution in [3.8, 4) is 0 Å². The predicted octanol–water partition coefficient (Wildman–Crippen LogP) is 0.961. The first-order chi connectivity index (χ1) is 16.9. The summed E-state index contributed by atoms with van der Waals surface area (Å²) in [6.07, 6.45) is 0. The van der Waals surface area contributed by atoms with E-state index in [1.807, 2.05) is 0 Å². The predicted molar refractivity (Wildman–Crippen MR) is 116 cm³/mol. The van der Waals surface area contributed by atoms with E-state index in [1.54, 1.807) is 67.6 Å². The summed E-state index contributed by atoms with van der Waals surface area (Å²) in [7, 11) is 0. The molecule has 5 atom stereocenters. The van der Waals surface area contributed by atoms with E-state index in [2.05, 4.69) is 0 Å². The number of benzene rings is 2. The summed E-state index contributed by atoms with van der Waals surface area (Å²) in [5.74, 6) is -7.59. The van der Waals surface area contributed by atoms with Gasteiger partial charge in [0.15, 0.2) is 0 Å². The van der Waals surface area contributed by atoms with Crippen LogP contribution in [-0.4, -0.2) is 59.1 Å². The molecular weight excluding hydrogens is 456 g/mol. The zero-order chi connectivity index (χ0) is 24.5. The SMILES string of the molecule is CCOC(=O)[C@]12O[C@@]3(C(=O)OC[C@@H](c4ccccc4)N3C1=O)[C@H]1C(=O)N(c3ccccc3)C(=O)[C@H]12. The summed E-state index contributed by atoms with van der Waals surface area (Å²) >= 11 is 0. The topological polar surface area (TPSA) is 120 Å². The number of hydrogen-bond donors (Lipinski definition) is 0. The normalized spacial score (nSPS) is 33.0. The first kappa shape index (κ1) is 21.5. The number of fused-ring (bicyclic) bond motifs is 3. The minimum absolute atomic E-state index is 0.0985. The van der Waals surface area contributed by atoms with Crippen molar-refractivity contribution in [2.75, 3.05) is 18.1 Å². The molecule has 1 spiro atoms. The van der Waals surface area contributed by atoms with Gasteiger partial charge in [0.25, 0.3) is 17.2 Å². The third-order valence-corrected chi connectivity index (χ3v) is 7.13. The Hall–Kier alpha value is -4.05. The van der Waals surface area contributed by atoms with Crippen LogP contribution in [0, 0.1) is 11.8 Å². The Labute approximate surface area is 199 Å². The van der Waals surface area contributed by atoms with Gasteiger partial charge in [0, 0.05) is 0 Å². The molecule has 0 saturated carbocycles. The van der Waals surface area contributed by atoms with Crippen LogP contribution in [0.15, 0.2) is 60.7 Å². The van der Waals surface area contributed by atoms with Crippen molar-refractivity contribution in [2.45, 2.75) is 24.3 Å². The van der Waals surface area contributed by atoms with Crippen molar-refractivity contribution in [1.82, 2.24) is 4.90 Å². The van der Waals surface area contributed by atoms with E-state index in [9.17, 15) is 24.0 Å². The Morgan fingerprint density at radius 3 is 2.26 bits per heavy atom. The highest BCUT2D eigenvalue weighted by Crippen LogP contribution is 2.63. The van der Waals surface area contributed by atoms with Crippen LogP contribution < -0.4 is 4.90 Å². The lowest BCUT2D eigenvalue weighted by Gasteiger charge is -2.46. The first-order valence-corrected chi connectivity index (χ1v) is 11.3. The van der Waals surface area contributed by atoms with Crippen molar-refractivity contribution in [2.24, 2.45) is 11.8 Å². The number of nitrogens with zero attached hydrogens (tertiary/aromatic N) is 2. The molecule has 10 heteroatoms. The number of esters is 2. The van der Waals surface area contributed by atoms with Crippen molar-refractivity contribution in [3.63, 3.8) is 0 Å². The second-order valence-corrected chi connectivity index (χ2v) is 8.76. The number of cyclic esters (lactones) is 1. The molecule has 4 aliphatic heterocycles. The molecule has 10 nitrogen and oxygen atoms in total. The largest absolute Gasteiger partial charge is 0.463 e. The van der Waals surface area contributed by atoms with Crippen molar-refractivity contribution in [3.05, 3.63) is 66.2 Å². The number of para-hydroxylation sites is 1. The Morgan fingerprint density at radius 1 is 0.971 bits per heavy atom. The van der Waals surface area contributed by atoms with Crippen LogP contribution in [0.25, 0.3) is 0 Å². The maximum Gasteiger partial charge on any atom is 0.361 e. The fourth-order valence-corrected chi connectivity index (χ4v) is 5.77. The van der Waals surface area contributed by atoms with Crippen LogP contribution in [0.5, 0.6) is 0 Å². The standard InChI is InChI=1S/C25H20N2O8/c1-2-33-22(31)24-17-18(20(29)26(19(17)28)15-11-7-4-8-12-15)25(35-24)23(32)34-13-16(27(25)21(24)30)14-9-5-3-6-10-14/h3-12,16-18H,2,13H2,1H3/t16-,17-,18+,24+,25+/m0/s1. The number of rotatable bonds is 4. The highest BCUT2D eigenvalue weighted by atomic mass is 16.7. The maximum atomic E-state index is 14.0. The molecule has 2 aromatic carbocycles. The molecule has 35 heavy (non-hydrogen) atoms. The number of morpholine rings is 1. The fraction of sp³-hybridized carbons (Fsp3) is 0.320. The van der Waals surface area contributed by atoms with Crippen LogP contribution in [0.3, 0.4) is 0 Å². The van der Waals surface area contributed by atoms with Crippen molar-refractivity contribution >= 4 is 35.3 Å². The Balaban J connectivity index is 1.57. The Kier molecular flexibility index (Phi) is 4.43. The number of imide groups is 1. The average molecular weight is 476 g/mol. The van der Waals surface area contributed by atoms with E-state index in [4.69, 9.17) is 14.2 Å². The number of ether oxygens (including phenoxy) is 3. The van der Waals surface area contributed by atoms with E-state index in [0.29, 0.717) is 5.56 Å². The summed E-state index contributed by atoms with van der Waals surface area (Å²) in [5, 5.41) is 0. The number of anilines is 1. The molecular formula is C25H20N2O8. The number of hydrogen-bond acceptors (Lipinski definition) is 8. The van der Waals surface area contributed by atoms with E-state index in [-0.39, 0.29) is 18.9 Å². The summed E-state index contributed by atoms with van der Waals surface area (Å²) in [4.78, 5) is 70.2. The van der Waals surface area contributed by atoms with Gasteiger partial charge in [-0.1, -0.05) is 48.5 Å². The smallest absolute Gasteiger partial charge is 0.361 e. The molecule has 4 saturated heterocycles. The summed E-state index contributed by atoms with van der Waals surface area (Å²) < 4.78 is 16.6. The number of piperidine rings is 1. The molecule has 3 amide bonds. The Bertz CT molecular complexity index is 1280. The lowest BCUT2D eigenvalue weighted by atomic mass is 9.72. The van der Waals surface area contributed by atoms with Crippen LogP contribution in [0.2, 0.25) is 0 Å². The molecule has 4 fully saturated rings. The quantitative estimate of drug-likeness (QED) is 0.364. The van der Waals surface area contributed by atoms with Crippen molar-refractivity contribution < 1.29 is 38.2 Å². The van der Waals surface area contributed by atoms with Gasteiger partial charge < -0.3 is 14.2 Å². The molecule has 2 bridgehead atoms. The van der Waals surface area contributed by atoms with Gasteiger partial charge in [-0.25, -0.2) is 14.5 Å². The van der Waals surface area contributed by atoms with Gasteiger partial charge in [-0.15, -0.1) is 0 Å². The average Bonchev–Trinajstić information content (AvgIpc) is 3.44. The summed E-state index contributed by atoms with van der Waals surface area (Å²) in [6, 6.07) is 16.1. The first-order valence-electron chi connectivity index (χ1n) is 11.3. The van der Waals surface area contributed by atoms with E-state index >= 15 is 0 Å².